The molecule has 2 amide bonds. The summed E-state index contributed by atoms with van der Waals surface area (Å²) in [5.41, 5.74) is 2.18. The molecule has 0 bridgehead atoms. The van der Waals surface area contributed by atoms with Crippen molar-refractivity contribution in [3.05, 3.63) is 65.7 Å². The van der Waals surface area contributed by atoms with Gasteiger partial charge in [0.05, 0.1) is 12.9 Å². The van der Waals surface area contributed by atoms with Gasteiger partial charge in [-0.3, -0.25) is 9.59 Å². The molecular formula is C27H36N2O3S. The van der Waals surface area contributed by atoms with Crippen LogP contribution in [-0.4, -0.2) is 41.7 Å². The molecule has 0 saturated heterocycles. The first-order valence-corrected chi connectivity index (χ1v) is 13.1. The minimum Gasteiger partial charge on any atom is -0.497 e. The number of methoxy groups -OCH3 is 1. The second kappa shape index (κ2) is 13.3. The van der Waals surface area contributed by atoms with E-state index in [1.165, 1.54) is 6.42 Å². The summed E-state index contributed by atoms with van der Waals surface area (Å²) in [6.07, 6.45) is 6.24. The molecule has 0 aliphatic heterocycles. The maximum atomic E-state index is 13.3. The Labute approximate surface area is 202 Å². The van der Waals surface area contributed by atoms with E-state index in [2.05, 4.69) is 5.32 Å². The summed E-state index contributed by atoms with van der Waals surface area (Å²) in [6.45, 7) is 2.43. The predicted octanol–water partition coefficient (Wildman–Crippen LogP) is 5.18. The van der Waals surface area contributed by atoms with Crippen LogP contribution in [0.2, 0.25) is 0 Å². The van der Waals surface area contributed by atoms with Gasteiger partial charge in [0.1, 0.15) is 11.8 Å². The van der Waals surface area contributed by atoms with Gasteiger partial charge in [0.2, 0.25) is 11.8 Å². The molecule has 5 nitrogen and oxygen atoms in total. The van der Waals surface area contributed by atoms with Gasteiger partial charge in [0.25, 0.3) is 0 Å². The van der Waals surface area contributed by atoms with Gasteiger partial charge in [-0.15, -0.1) is 11.8 Å². The summed E-state index contributed by atoms with van der Waals surface area (Å²) in [7, 11) is 1.65. The van der Waals surface area contributed by atoms with Crippen molar-refractivity contribution < 1.29 is 14.3 Å². The van der Waals surface area contributed by atoms with Gasteiger partial charge in [-0.25, -0.2) is 0 Å². The van der Waals surface area contributed by atoms with Crippen LogP contribution in [0, 0.1) is 0 Å². The lowest BCUT2D eigenvalue weighted by atomic mass is 9.95. The predicted molar refractivity (Wildman–Crippen MR) is 135 cm³/mol. The molecule has 1 aliphatic carbocycles. The fourth-order valence-corrected chi connectivity index (χ4v) is 5.18. The Bertz CT molecular complexity index is 867. The van der Waals surface area contributed by atoms with Crippen molar-refractivity contribution in [3.8, 4) is 5.75 Å². The van der Waals surface area contributed by atoms with Crippen molar-refractivity contribution in [1.82, 2.24) is 10.2 Å². The van der Waals surface area contributed by atoms with Crippen molar-refractivity contribution in [1.29, 1.82) is 0 Å². The summed E-state index contributed by atoms with van der Waals surface area (Å²) in [4.78, 5) is 28.3. The zero-order chi connectivity index (χ0) is 23.5. The largest absolute Gasteiger partial charge is 0.497 e. The SMILES string of the molecule is CCC(C(=O)NC1CCCCC1)N(Cc1ccccc1)C(=O)CSCc1ccc(OC)cc1. The summed E-state index contributed by atoms with van der Waals surface area (Å²) >= 11 is 1.58. The molecular weight excluding hydrogens is 432 g/mol. The summed E-state index contributed by atoms with van der Waals surface area (Å²) < 4.78 is 5.21. The van der Waals surface area contributed by atoms with E-state index in [0.29, 0.717) is 18.7 Å². The first-order chi connectivity index (χ1) is 16.1. The van der Waals surface area contributed by atoms with Crippen LogP contribution in [0.4, 0.5) is 0 Å². The second-order valence-corrected chi connectivity index (χ2v) is 9.60. The Balaban J connectivity index is 1.65. The summed E-state index contributed by atoms with van der Waals surface area (Å²) in [6, 6.07) is 17.6. The van der Waals surface area contributed by atoms with E-state index in [4.69, 9.17) is 4.74 Å². The number of amides is 2. The van der Waals surface area contributed by atoms with Crippen LogP contribution in [0.25, 0.3) is 0 Å². The lowest BCUT2D eigenvalue weighted by Crippen LogP contribution is -2.52. The molecule has 0 heterocycles. The number of rotatable bonds is 11. The summed E-state index contributed by atoms with van der Waals surface area (Å²) in [5, 5.41) is 3.23. The van der Waals surface area contributed by atoms with Crippen LogP contribution in [-0.2, 0) is 21.9 Å². The molecule has 1 aliphatic rings. The molecule has 6 heteroatoms. The highest BCUT2D eigenvalue weighted by Crippen LogP contribution is 2.21. The third-order valence-electron chi connectivity index (χ3n) is 6.19. The molecule has 0 spiro atoms. The van der Waals surface area contributed by atoms with Crippen LogP contribution in [0.15, 0.2) is 54.6 Å². The number of thioether (sulfide) groups is 1. The van der Waals surface area contributed by atoms with Gasteiger partial charge >= 0.3 is 0 Å². The van der Waals surface area contributed by atoms with E-state index in [1.807, 2.05) is 61.5 Å². The van der Waals surface area contributed by atoms with E-state index in [0.717, 1.165) is 48.3 Å². The maximum Gasteiger partial charge on any atom is 0.243 e. The van der Waals surface area contributed by atoms with Crippen molar-refractivity contribution in [3.63, 3.8) is 0 Å². The highest BCUT2D eigenvalue weighted by molar-refractivity contribution is 7.99. The number of benzene rings is 2. The molecule has 2 aromatic carbocycles. The molecule has 178 valence electrons. The smallest absolute Gasteiger partial charge is 0.243 e. The van der Waals surface area contributed by atoms with Crippen molar-refractivity contribution in [2.24, 2.45) is 0 Å². The van der Waals surface area contributed by atoms with Crippen LogP contribution in [0.5, 0.6) is 5.75 Å². The van der Waals surface area contributed by atoms with Gasteiger partial charge in [0, 0.05) is 18.3 Å². The first-order valence-electron chi connectivity index (χ1n) is 11.9. The fourth-order valence-electron chi connectivity index (χ4n) is 4.30. The maximum absolute atomic E-state index is 13.3. The molecule has 0 aromatic heterocycles. The molecule has 2 aromatic rings. The minimum atomic E-state index is -0.457. The van der Waals surface area contributed by atoms with Crippen molar-refractivity contribution >= 4 is 23.6 Å². The molecule has 1 unspecified atom stereocenters. The molecule has 1 fully saturated rings. The van der Waals surface area contributed by atoms with Gasteiger partial charge in [-0.2, -0.15) is 0 Å². The Hall–Kier alpha value is -2.47. The normalized spacial score (nSPS) is 15.0. The Kier molecular flexibility index (Phi) is 10.1. The minimum absolute atomic E-state index is 0.00279. The average Bonchev–Trinajstić information content (AvgIpc) is 2.85. The Morgan fingerprint density at radius 1 is 1.03 bits per heavy atom. The number of nitrogens with one attached hydrogen (secondary N) is 1. The van der Waals surface area contributed by atoms with Crippen LogP contribution in [0.3, 0.4) is 0 Å². The number of carbonyl (C=O) groups excluding carboxylic acids is 2. The highest BCUT2D eigenvalue weighted by atomic mass is 32.2. The van der Waals surface area contributed by atoms with E-state index >= 15 is 0 Å². The number of hydrogen-bond acceptors (Lipinski definition) is 4. The molecule has 3 rings (SSSR count). The summed E-state index contributed by atoms with van der Waals surface area (Å²) in [5.74, 6) is 1.88. The monoisotopic (exact) mass is 468 g/mol. The molecule has 1 saturated carbocycles. The van der Waals surface area contributed by atoms with E-state index in [1.54, 1.807) is 23.8 Å². The number of nitrogens with zero attached hydrogens (tertiary/aromatic N) is 1. The lowest BCUT2D eigenvalue weighted by Gasteiger charge is -2.32. The molecule has 1 N–H and O–H groups in total. The molecule has 33 heavy (non-hydrogen) atoms. The van der Waals surface area contributed by atoms with Gasteiger partial charge in [-0.1, -0.05) is 68.7 Å². The average molecular weight is 469 g/mol. The van der Waals surface area contributed by atoms with E-state index in [9.17, 15) is 9.59 Å². The van der Waals surface area contributed by atoms with Gasteiger partial charge in [-0.05, 0) is 42.5 Å². The third-order valence-corrected chi connectivity index (χ3v) is 7.18. The van der Waals surface area contributed by atoms with Crippen LogP contribution >= 0.6 is 11.8 Å². The Morgan fingerprint density at radius 2 is 1.73 bits per heavy atom. The van der Waals surface area contributed by atoms with Crippen LogP contribution < -0.4 is 10.1 Å². The fraction of sp³-hybridized carbons (Fsp3) is 0.481. The van der Waals surface area contributed by atoms with Crippen LogP contribution in [0.1, 0.15) is 56.6 Å². The number of hydrogen-bond donors (Lipinski definition) is 1. The highest BCUT2D eigenvalue weighted by Gasteiger charge is 2.30. The standard InChI is InChI=1S/C27H36N2O3S/c1-3-25(27(31)28-23-12-8-5-9-13-23)29(18-21-10-6-4-7-11-21)26(30)20-33-19-22-14-16-24(32-2)17-15-22/h4,6-7,10-11,14-17,23,25H,3,5,8-9,12-13,18-20H2,1-2H3,(H,28,31). The topological polar surface area (TPSA) is 58.6 Å². The lowest BCUT2D eigenvalue weighted by molar-refractivity contribution is -0.139. The Morgan fingerprint density at radius 3 is 2.36 bits per heavy atom. The van der Waals surface area contributed by atoms with Gasteiger partial charge in [0.15, 0.2) is 0 Å². The quantitative estimate of drug-likeness (QED) is 0.493. The van der Waals surface area contributed by atoms with E-state index in [-0.39, 0.29) is 17.9 Å². The molecule has 1 atom stereocenters. The zero-order valence-electron chi connectivity index (χ0n) is 19.8. The van der Waals surface area contributed by atoms with Crippen molar-refractivity contribution in [2.45, 2.75) is 69.8 Å². The third kappa shape index (κ3) is 7.81. The molecule has 0 radical (unpaired) electrons. The first kappa shape index (κ1) is 25.2. The number of carbonyl (C=O) groups is 2. The van der Waals surface area contributed by atoms with Gasteiger partial charge < -0.3 is 15.0 Å². The number of ether oxygens (including phenoxy) is 1. The zero-order valence-corrected chi connectivity index (χ0v) is 20.6. The van der Waals surface area contributed by atoms with E-state index < -0.39 is 6.04 Å². The second-order valence-electron chi connectivity index (χ2n) is 8.62. The van der Waals surface area contributed by atoms with Crippen molar-refractivity contribution in [2.75, 3.05) is 12.9 Å².